The number of amides is 3. The van der Waals surface area contributed by atoms with Crippen molar-refractivity contribution in [3.63, 3.8) is 0 Å². The second kappa shape index (κ2) is 9.40. The quantitative estimate of drug-likeness (QED) is 0.555. The number of carbonyl (C=O) groups is 3. The van der Waals surface area contributed by atoms with Gasteiger partial charge in [-0.05, 0) is 86.1 Å². The molecule has 4 saturated carbocycles. The fourth-order valence-electron chi connectivity index (χ4n) is 6.57. The van der Waals surface area contributed by atoms with E-state index in [1.54, 1.807) is 24.3 Å². The molecule has 6 rings (SSSR count). The maximum Gasteiger partial charge on any atom is 0.251 e. The van der Waals surface area contributed by atoms with Crippen LogP contribution < -0.4 is 16.0 Å². The van der Waals surface area contributed by atoms with Crippen molar-refractivity contribution in [1.82, 2.24) is 10.6 Å². The van der Waals surface area contributed by atoms with Gasteiger partial charge in [-0.1, -0.05) is 12.1 Å². The Hall–Kier alpha value is -3.29. The van der Waals surface area contributed by atoms with E-state index in [-0.39, 0.29) is 23.6 Å². The Bertz CT molecular complexity index is 1110. The highest BCUT2D eigenvalue weighted by molar-refractivity contribution is 5.99. The van der Waals surface area contributed by atoms with Crippen molar-refractivity contribution in [1.29, 1.82) is 0 Å². The molecule has 0 saturated heterocycles. The van der Waals surface area contributed by atoms with E-state index in [1.165, 1.54) is 25.3 Å². The number of nitrogens with one attached hydrogen (secondary N) is 3. The molecule has 8 heteroatoms. The van der Waals surface area contributed by atoms with Crippen LogP contribution in [0.5, 0.6) is 0 Å². The summed E-state index contributed by atoms with van der Waals surface area (Å²) in [7, 11) is 0. The maximum absolute atomic E-state index is 13.2. The lowest BCUT2D eigenvalue weighted by Gasteiger charge is -2.55. The van der Waals surface area contributed by atoms with Gasteiger partial charge in [0.25, 0.3) is 5.91 Å². The molecule has 0 aliphatic heterocycles. The Morgan fingerprint density at radius 2 is 1.46 bits per heavy atom. The molecule has 0 atom stereocenters. The summed E-state index contributed by atoms with van der Waals surface area (Å²) in [6.45, 7) is 0.0970. The van der Waals surface area contributed by atoms with Crippen LogP contribution >= 0.6 is 0 Å². The van der Waals surface area contributed by atoms with E-state index in [9.17, 15) is 23.2 Å². The lowest BCUT2D eigenvalue weighted by Crippen LogP contribution is -2.53. The van der Waals surface area contributed by atoms with Gasteiger partial charge in [0, 0.05) is 29.3 Å². The van der Waals surface area contributed by atoms with Crippen molar-refractivity contribution < 1.29 is 23.2 Å². The zero-order valence-corrected chi connectivity index (χ0v) is 19.4. The molecule has 3 amide bonds. The van der Waals surface area contributed by atoms with Gasteiger partial charge in [0.05, 0.1) is 6.54 Å². The van der Waals surface area contributed by atoms with Crippen molar-refractivity contribution in [2.45, 2.75) is 45.1 Å². The molecule has 2 aromatic carbocycles. The zero-order valence-electron chi connectivity index (χ0n) is 19.4. The summed E-state index contributed by atoms with van der Waals surface area (Å²) in [5, 5.41) is 8.03. The predicted molar refractivity (Wildman–Crippen MR) is 126 cm³/mol. The molecule has 0 aromatic heterocycles. The van der Waals surface area contributed by atoms with E-state index in [2.05, 4.69) is 16.0 Å². The topological polar surface area (TPSA) is 87.3 Å². The normalized spacial score (nSPS) is 26.3. The van der Waals surface area contributed by atoms with Gasteiger partial charge in [0.15, 0.2) is 11.6 Å². The van der Waals surface area contributed by atoms with Crippen LogP contribution in [0, 0.1) is 34.8 Å². The van der Waals surface area contributed by atoms with Crippen molar-refractivity contribution in [2.75, 3.05) is 11.9 Å². The molecule has 2 aromatic rings. The summed E-state index contributed by atoms with van der Waals surface area (Å²) in [5.41, 5.74) is 1.19. The van der Waals surface area contributed by atoms with E-state index in [0.717, 1.165) is 37.0 Å². The van der Waals surface area contributed by atoms with E-state index in [0.29, 0.717) is 29.9 Å². The summed E-state index contributed by atoms with van der Waals surface area (Å²) in [6, 6.07) is 9.89. The molecular weight excluding hydrogens is 452 g/mol. The van der Waals surface area contributed by atoms with Gasteiger partial charge in [0.1, 0.15) is 0 Å². The second-order valence-corrected chi connectivity index (χ2v) is 10.4. The molecule has 184 valence electrons. The zero-order chi connectivity index (χ0) is 24.6. The molecule has 4 bridgehead atoms. The summed E-state index contributed by atoms with van der Waals surface area (Å²) in [4.78, 5) is 37.5. The molecule has 4 aliphatic rings. The van der Waals surface area contributed by atoms with Crippen LogP contribution in [0.3, 0.4) is 0 Å². The largest absolute Gasteiger partial charge is 0.352 e. The smallest absolute Gasteiger partial charge is 0.251 e. The number of hydrogen-bond donors (Lipinski definition) is 3. The molecule has 0 radical (unpaired) electrons. The monoisotopic (exact) mass is 481 g/mol. The van der Waals surface area contributed by atoms with Gasteiger partial charge in [-0.3, -0.25) is 14.4 Å². The number of halogens is 2. The van der Waals surface area contributed by atoms with Crippen molar-refractivity contribution in [2.24, 2.45) is 23.2 Å². The fraction of sp³-hybridized carbons (Fsp3) is 0.444. The van der Waals surface area contributed by atoms with E-state index < -0.39 is 23.4 Å². The first-order valence-corrected chi connectivity index (χ1v) is 12.2. The maximum atomic E-state index is 13.2. The van der Waals surface area contributed by atoms with Gasteiger partial charge in [0.2, 0.25) is 11.8 Å². The van der Waals surface area contributed by atoms with Crippen LogP contribution in [0.25, 0.3) is 0 Å². The molecule has 0 heterocycles. The summed E-state index contributed by atoms with van der Waals surface area (Å²) >= 11 is 0. The SMILES string of the molecule is O=C(CNC(=O)c1ccc(CNC(=O)C23CC4CC(CC(C4)C2)C3)cc1)Nc1ccc(F)c(F)c1. The summed E-state index contributed by atoms with van der Waals surface area (Å²) in [6.07, 6.45) is 6.95. The molecule has 4 fully saturated rings. The second-order valence-electron chi connectivity index (χ2n) is 10.4. The fourth-order valence-corrected chi connectivity index (χ4v) is 6.57. The van der Waals surface area contributed by atoms with Crippen LogP contribution in [0.15, 0.2) is 42.5 Å². The first kappa shape index (κ1) is 23.5. The van der Waals surface area contributed by atoms with Gasteiger partial charge in [-0.15, -0.1) is 0 Å². The Labute approximate surface area is 202 Å². The first-order chi connectivity index (χ1) is 16.8. The lowest BCUT2D eigenvalue weighted by atomic mass is 9.49. The van der Waals surface area contributed by atoms with Crippen molar-refractivity contribution >= 4 is 23.4 Å². The van der Waals surface area contributed by atoms with Gasteiger partial charge < -0.3 is 16.0 Å². The predicted octanol–water partition coefficient (Wildman–Crippen LogP) is 4.17. The van der Waals surface area contributed by atoms with E-state index in [1.807, 2.05) is 0 Å². The van der Waals surface area contributed by atoms with Gasteiger partial charge in [-0.2, -0.15) is 0 Å². The highest BCUT2D eigenvalue weighted by Gasteiger charge is 2.54. The molecule has 6 nitrogen and oxygen atoms in total. The molecule has 35 heavy (non-hydrogen) atoms. The van der Waals surface area contributed by atoms with Crippen LogP contribution in [0.4, 0.5) is 14.5 Å². The molecule has 0 unspecified atom stereocenters. The van der Waals surface area contributed by atoms with Crippen molar-refractivity contribution in [3.05, 3.63) is 65.2 Å². The molecule has 4 aliphatic carbocycles. The van der Waals surface area contributed by atoms with E-state index in [4.69, 9.17) is 0 Å². The summed E-state index contributed by atoms with van der Waals surface area (Å²) < 4.78 is 26.2. The number of hydrogen-bond acceptors (Lipinski definition) is 3. The third-order valence-electron chi connectivity index (χ3n) is 7.80. The number of benzene rings is 2. The number of carbonyl (C=O) groups excluding carboxylic acids is 3. The Morgan fingerprint density at radius 3 is 2.06 bits per heavy atom. The Balaban J connectivity index is 1.09. The molecular formula is C27H29F2N3O3. The van der Waals surface area contributed by atoms with Gasteiger partial charge in [-0.25, -0.2) is 8.78 Å². The number of rotatable bonds is 7. The highest BCUT2D eigenvalue weighted by Crippen LogP contribution is 2.60. The molecule has 0 spiro atoms. The average molecular weight is 482 g/mol. The lowest BCUT2D eigenvalue weighted by molar-refractivity contribution is -0.146. The highest BCUT2D eigenvalue weighted by atomic mass is 19.2. The third-order valence-corrected chi connectivity index (χ3v) is 7.80. The standard InChI is InChI=1S/C27H29F2N3O3/c28-22-6-5-21(10-23(22)29)32-24(33)15-30-25(34)20-3-1-16(2-4-20)14-31-26(35)27-11-17-7-18(12-27)9-19(8-17)13-27/h1-6,10,17-19H,7-9,11-15H2,(H,30,34)(H,31,35)(H,32,33). The first-order valence-electron chi connectivity index (χ1n) is 12.2. The van der Waals surface area contributed by atoms with Crippen LogP contribution in [-0.4, -0.2) is 24.3 Å². The van der Waals surface area contributed by atoms with Gasteiger partial charge >= 0.3 is 0 Å². The Morgan fingerprint density at radius 1 is 0.829 bits per heavy atom. The van der Waals surface area contributed by atoms with Crippen LogP contribution in [-0.2, 0) is 16.1 Å². The average Bonchev–Trinajstić information content (AvgIpc) is 2.83. The minimum atomic E-state index is -1.07. The molecule has 3 N–H and O–H groups in total. The number of anilines is 1. The van der Waals surface area contributed by atoms with Crippen LogP contribution in [0.2, 0.25) is 0 Å². The summed E-state index contributed by atoms with van der Waals surface area (Å²) in [5.74, 6) is -0.766. The minimum Gasteiger partial charge on any atom is -0.352 e. The van der Waals surface area contributed by atoms with Crippen molar-refractivity contribution in [3.8, 4) is 0 Å². The minimum absolute atomic E-state index is 0.100. The van der Waals surface area contributed by atoms with Crippen LogP contribution in [0.1, 0.15) is 54.4 Å². The van der Waals surface area contributed by atoms with E-state index >= 15 is 0 Å². The Kier molecular flexibility index (Phi) is 6.30. The third kappa shape index (κ3) is 5.06.